The van der Waals surface area contributed by atoms with E-state index in [0.717, 1.165) is 25.8 Å². The topological polar surface area (TPSA) is 93.9 Å². The fourth-order valence-corrected chi connectivity index (χ4v) is 2.68. The van der Waals surface area contributed by atoms with E-state index in [0.29, 0.717) is 25.7 Å². The average molecular weight is 248 g/mol. The molecule has 2 unspecified atom stereocenters. The second-order valence-electron chi connectivity index (χ2n) is 4.77. The van der Waals surface area contributed by atoms with Gasteiger partial charge in [0.25, 0.3) is 0 Å². The lowest BCUT2D eigenvalue weighted by molar-refractivity contribution is -0.119. The number of nitriles is 2. The molecular formula is C13H20N4O. The molecule has 1 amide bonds. The van der Waals surface area contributed by atoms with Crippen molar-refractivity contribution in [1.29, 1.82) is 10.5 Å². The van der Waals surface area contributed by atoms with Crippen molar-refractivity contribution in [3.63, 3.8) is 0 Å². The van der Waals surface area contributed by atoms with Crippen molar-refractivity contribution < 1.29 is 4.79 Å². The minimum absolute atomic E-state index is 0.0827. The van der Waals surface area contributed by atoms with Crippen molar-refractivity contribution in [2.24, 2.45) is 5.73 Å². The molecule has 98 valence electrons. The highest BCUT2D eigenvalue weighted by atomic mass is 16.1. The first-order valence-electron chi connectivity index (χ1n) is 6.47. The van der Waals surface area contributed by atoms with Crippen LogP contribution in [0.25, 0.3) is 0 Å². The van der Waals surface area contributed by atoms with Crippen LogP contribution in [0.4, 0.5) is 0 Å². The summed E-state index contributed by atoms with van der Waals surface area (Å²) < 4.78 is 0. The smallest absolute Gasteiger partial charge is 0.218 e. The Labute approximate surface area is 108 Å². The number of piperidine rings is 1. The number of hydrogen-bond donors (Lipinski definition) is 1. The summed E-state index contributed by atoms with van der Waals surface area (Å²) in [5, 5.41) is 17.6. The fraction of sp³-hybridized carbons (Fsp3) is 0.769. The molecule has 1 heterocycles. The van der Waals surface area contributed by atoms with Gasteiger partial charge in [0.15, 0.2) is 0 Å². The second kappa shape index (κ2) is 7.68. The van der Waals surface area contributed by atoms with E-state index in [1.807, 2.05) is 0 Å². The van der Waals surface area contributed by atoms with Gasteiger partial charge in [-0.05, 0) is 25.8 Å². The molecule has 2 atom stereocenters. The maximum absolute atomic E-state index is 11.1. The van der Waals surface area contributed by atoms with Crippen molar-refractivity contribution in [2.75, 3.05) is 6.54 Å². The van der Waals surface area contributed by atoms with E-state index in [1.54, 1.807) is 0 Å². The molecule has 5 nitrogen and oxygen atoms in total. The quantitative estimate of drug-likeness (QED) is 0.766. The van der Waals surface area contributed by atoms with Gasteiger partial charge >= 0.3 is 0 Å². The molecule has 1 rings (SSSR count). The Kier molecular flexibility index (Phi) is 6.18. The highest BCUT2D eigenvalue weighted by Crippen LogP contribution is 2.25. The number of carbonyl (C=O) groups excluding carboxylic acids is 1. The summed E-state index contributed by atoms with van der Waals surface area (Å²) in [4.78, 5) is 13.3. The van der Waals surface area contributed by atoms with Crippen LogP contribution in [0.3, 0.4) is 0 Å². The van der Waals surface area contributed by atoms with Crippen LogP contribution >= 0.6 is 0 Å². The highest BCUT2D eigenvalue weighted by molar-refractivity contribution is 5.74. The van der Waals surface area contributed by atoms with Gasteiger partial charge in [0.2, 0.25) is 5.91 Å². The Morgan fingerprint density at radius 3 is 2.78 bits per heavy atom. The van der Waals surface area contributed by atoms with E-state index < -0.39 is 0 Å². The third-order valence-electron chi connectivity index (χ3n) is 3.49. The monoisotopic (exact) mass is 248 g/mol. The summed E-state index contributed by atoms with van der Waals surface area (Å²) in [6, 6.07) is 4.53. The average Bonchev–Trinajstić information content (AvgIpc) is 2.35. The molecule has 5 heteroatoms. The molecule has 0 aromatic rings. The molecule has 1 aliphatic heterocycles. The number of rotatable bonds is 6. The van der Waals surface area contributed by atoms with E-state index in [1.165, 1.54) is 0 Å². The van der Waals surface area contributed by atoms with Gasteiger partial charge in [-0.2, -0.15) is 10.5 Å². The normalized spacial score (nSPS) is 21.8. The standard InChI is InChI=1S/C13H20N4O/c14-7-3-5-11(6-8-15)17-9-2-1-4-12(17)10-13(16)18/h11-12H,1-6,9-10H2,(H2,16,18). The van der Waals surface area contributed by atoms with Crippen molar-refractivity contribution in [3.8, 4) is 12.1 Å². The van der Waals surface area contributed by atoms with Crippen LogP contribution in [0.15, 0.2) is 0 Å². The first-order chi connectivity index (χ1) is 8.69. The van der Waals surface area contributed by atoms with Crippen LogP contribution in [0.2, 0.25) is 0 Å². The molecule has 18 heavy (non-hydrogen) atoms. The van der Waals surface area contributed by atoms with Gasteiger partial charge in [-0.1, -0.05) is 6.42 Å². The number of primary amides is 1. The van der Waals surface area contributed by atoms with Gasteiger partial charge in [0.1, 0.15) is 0 Å². The number of likely N-dealkylation sites (tertiary alicyclic amines) is 1. The summed E-state index contributed by atoms with van der Waals surface area (Å²) in [6.45, 7) is 0.899. The van der Waals surface area contributed by atoms with Crippen LogP contribution in [0.5, 0.6) is 0 Å². The van der Waals surface area contributed by atoms with E-state index in [4.69, 9.17) is 16.3 Å². The zero-order chi connectivity index (χ0) is 13.4. The fourth-order valence-electron chi connectivity index (χ4n) is 2.68. The molecule has 1 fully saturated rings. The molecule has 0 aliphatic carbocycles. The Balaban J connectivity index is 2.68. The van der Waals surface area contributed by atoms with Crippen LogP contribution in [0, 0.1) is 22.7 Å². The van der Waals surface area contributed by atoms with E-state index in [2.05, 4.69) is 17.0 Å². The number of nitrogens with two attached hydrogens (primary N) is 1. The predicted octanol–water partition coefficient (Wildman–Crippen LogP) is 1.30. The third-order valence-corrected chi connectivity index (χ3v) is 3.49. The lowest BCUT2D eigenvalue weighted by Crippen LogP contribution is -2.47. The van der Waals surface area contributed by atoms with Crippen molar-refractivity contribution in [1.82, 2.24) is 4.90 Å². The molecular weight excluding hydrogens is 228 g/mol. The molecule has 1 saturated heterocycles. The van der Waals surface area contributed by atoms with Gasteiger partial charge < -0.3 is 5.73 Å². The summed E-state index contributed by atoms with van der Waals surface area (Å²) in [6.07, 6.45) is 5.06. The zero-order valence-corrected chi connectivity index (χ0v) is 10.6. The lowest BCUT2D eigenvalue weighted by Gasteiger charge is -2.40. The van der Waals surface area contributed by atoms with Gasteiger partial charge in [-0.15, -0.1) is 0 Å². The number of hydrogen-bond acceptors (Lipinski definition) is 4. The summed E-state index contributed by atoms with van der Waals surface area (Å²) in [5.74, 6) is -0.289. The minimum atomic E-state index is -0.289. The molecule has 1 aliphatic rings. The zero-order valence-electron chi connectivity index (χ0n) is 10.6. The summed E-state index contributed by atoms with van der Waals surface area (Å²) >= 11 is 0. The Bertz CT molecular complexity index is 355. The molecule has 0 aromatic carbocycles. The van der Waals surface area contributed by atoms with Gasteiger partial charge in [-0.25, -0.2) is 0 Å². The lowest BCUT2D eigenvalue weighted by atomic mass is 9.94. The number of amides is 1. The molecule has 0 bridgehead atoms. The van der Waals surface area contributed by atoms with E-state index in [-0.39, 0.29) is 18.0 Å². The van der Waals surface area contributed by atoms with Crippen molar-refractivity contribution in [3.05, 3.63) is 0 Å². The second-order valence-corrected chi connectivity index (χ2v) is 4.77. The summed E-state index contributed by atoms with van der Waals surface area (Å²) in [5.41, 5.74) is 5.28. The third kappa shape index (κ3) is 4.35. The van der Waals surface area contributed by atoms with Crippen LogP contribution in [-0.4, -0.2) is 29.4 Å². The molecule has 0 saturated carbocycles. The SMILES string of the molecule is N#CCCC(CC#N)N1CCCCC1CC(N)=O. The first kappa shape index (κ1) is 14.5. The van der Waals surface area contributed by atoms with E-state index in [9.17, 15) is 4.79 Å². The number of nitrogens with zero attached hydrogens (tertiary/aromatic N) is 3. The molecule has 0 radical (unpaired) electrons. The maximum atomic E-state index is 11.1. The Hall–Kier alpha value is -1.59. The van der Waals surface area contributed by atoms with Gasteiger partial charge in [0, 0.05) is 24.9 Å². The first-order valence-corrected chi connectivity index (χ1v) is 6.47. The number of carbonyl (C=O) groups is 1. The Morgan fingerprint density at radius 1 is 1.39 bits per heavy atom. The van der Waals surface area contributed by atoms with Crippen LogP contribution in [0.1, 0.15) is 44.9 Å². The molecule has 0 aromatic heterocycles. The van der Waals surface area contributed by atoms with Gasteiger partial charge in [-0.3, -0.25) is 9.69 Å². The van der Waals surface area contributed by atoms with Gasteiger partial charge in [0.05, 0.1) is 18.6 Å². The highest BCUT2D eigenvalue weighted by Gasteiger charge is 2.29. The van der Waals surface area contributed by atoms with Crippen LogP contribution in [-0.2, 0) is 4.79 Å². The minimum Gasteiger partial charge on any atom is -0.370 e. The largest absolute Gasteiger partial charge is 0.370 e. The maximum Gasteiger partial charge on any atom is 0.218 e. The summed E-state index contributed by atoms with van der Waals surface area (Å²) in [7, 11) is 0. The van der Waals surface area contributed by atoms with Crippen molar-refractivity contribution >= 4 is 5.91 Å². The van der Waals surface area contributed by atoms with Crippen LogP contribution < -0.4 is 5.73 Å². The van der Waals surface area contributed by atoms with E-state index >= 15 is 0 Å². The van der Waals surface area contributed by atoms with Crippen molar-refractivity contribution in [2.45, 2.75) is 57.0 Å². The molecule has 0 spiro atoms. The predicted molar refractivity (Wildman–Crippen MR) is 67.0 cm³/mol. The molecule has 2 N–H and O–H groups in total. The Morgan fingerprint density at radius 2 is 2.17 bits per heavy atom.